The van der Waals surface area contributed by atoms with E-state index in [0.29, 0.717) is 17.8 Å². The number of hydrogen-bond acceptors (Lipinski definition) is 3. The summed E-state index contributed by atoms with van der Waals surface area (Å²) in [6.45, 7) is 4.25. The first kappa shape index (κ1) is 15.2. The Kier molecular flexibility index (Phi) is 5.51. The SMILES string of the molecule is CNC(=O)c1ccc(NC(=O)C(CN)C(C)C)cc1. The average molecular weight is 263 g/mol. The number of carbonyl (C=O) groups is 2. The maximum atomic E-state index is 12.0. The van der Waals surface area contributed by atoms with Crippen molar-refractivity contribution in [3.8, 4) is 0 Å². The lowest BCUT2D eigenvalue weighted by molar-refractivity contribution is -0.120. The Morgan fingerprint density at radius 1 is 1.21 bits per heavy atom. The Bertz CT molecular complexity index is 441. The van der Waals surface area contributed by atoms with Crippen LogP contribution in [0, 0.1) is 11.8 Å². The van der Waals surface area contributed by atoms with Crippen LogP contribution in [0.4, 0.5) is 5.69 Å². The number of anilines is 1. The van der Waals surface area contributed by atoms with Crippen molar-refractivity contribution in [2.45, 2.75) is 13.8 Å². The molecule has 1 aromatic rings. The molecule has 1 aromatic carbocycles. The van der Waals surface area contributed by atoms with Gasteiger partial charge in [-0.05, 0) is 30.2 Å². The predicted octanol–water partition coefficient (Wildman–Crippen LogP) is 1.22. The molecule has 19 heavy (non-hydrogen) atoms. The smallest absolute Gasteiger partial charge is 0.251 e. The third-order valence-corrected chi connectivity index (χ3v) is 3.04. The van der Waals surface area contributed by atoms with Crippen LogP contribution < -0.4 is 16.4 Å². The first-order valence-electron chi connectivity index (χ1n) is 6.32. The molecule has 0 aromatic heterocycles. The van der Waals surface area contributed by atoms with E-state index in [4.69, 9.17) is 5.73 Å². The molecule has 2 amide bonds. The number of hydrogen-bond donors (Lipinski definition) is 3. The highest BCUT2D eigenvalue weighted by Crippen LogP contribution is 2.14. The topological polar surface area (TPSA) is 84.2 Å². The highest BCUT2D eigenvalue weighted by Gasteiger charge is 2.20. The van der Waals surface area contributed by atoms with Gasteiger partial charge in [-0.25, -0.2) is 0 Å². The first-order valence-corrected chi connectivity index (χ1v) is 6.32. The minimum Gasteiger partial charge on any atom is -0.355 e. The molecule has 0 bridgehead atoms. The third-order valence-electron chi connectivity index (χ3n) is 3.04. The average Bonchev–Trinajstić information content (AvgIpc) is 2.39. The second-order valence-electron chi connectivity index (χ2n) is 4.73. The van der Waals surface area contributed by atoms with Crippen LogP contribution in [-0.4, -0.2) is 25.4 Å². The summed E-state index contributed by atoms with van der Waals surface area (Å²) in [5, 5.41) is 5.35. The van der Waals surface area contributed by atoms with Crippen molar-refractivity contribution in [1.82, 2.24) is 5.32 Å². The monoisotopic (exact) mass is 263 g/mol. The third kappa shape index (κ3) is 4.06. The summed E-state index contributed by atoms with van der Waals surface area (Å²) in [7, 11) is 1.58. The van der Waals surface area contributed by atoms with E-state index >= 15 is 0 Å². The largest absolute Gasteiger partial charge is 0.355 e. The van der Waals surface area contributed by atoms with Crippen molar-refractivity contribution in [3.05, 3.63) is 29.8 Å². The molecule has 0 heterocycles. The van der Waals surface area contributed by atoms with E-state index in [1.807, 2.05) is 13.8 Å². The summed E-state index contributed by atoms with van der Waals surface area (Å²) in [4.78, 5) is 23.4. The van der Waals surface area contributed by atoms with Gasteiger partial charge in [-0.1, -0.05) is 13.8 Å². The second kappa shape index (κ2) is 6.89. The van der Waals surface area contributed by atoms with Crippen LogP contribution >= 0.6 is 0 Å². The van der Waals surface area contributed by atoms with Crippen LogP contribution in [-0.2, 0) is 4.79 Å². The molecule has 0 radical (unpaired) electrons. The zero-order valence-electron chi connectivity index (χ0n) is 11.6. The van der Waals surface area contributed by atoms with Gasteiger partial charge in [0, 0.05) is 24.8 Å². The number of nitrogens with one attached hydrogen (secondary N) is 2. The van der Waals surface area contributed by atoms with Gasteiger partial charge in [-0.2, -0.15) is 0 Å². The molecule has 0 spiro atoms. The molecule has 0 saturated heterocycles. The van der Waals surface area contributed by atoms with Crippen molar-refractivity contribution in [3.63, 3.8) is 0 Å². The molecule has 0 saturated carbocycles. The lowest BCUT2D eigenvalue weighted by atomic mass is 9.95. The molecular weight excluding hydrogens is 242 g/mol. The molecule has 1 rings (SSSR count). The van der Waals surface area contributed by atoms with Gasteiger partial charge in [-0.15, -0.1) is 0 Å². The van der Waals surface area contributed by atoms with E-state index in [1.54, 1.807) is 31.3 Å². The highest BCUT2D eigenvalue weighted by atomic mass is 16.2. The number of nitrogens with two attached hydrogens (primary N) is 1. The predicted molar refractivity (Wildman–Crippen MR) is 75.8 cm³/mol. The van der Waals surface area contributed by atoms with Gasteiger partial charge in [0.15, 0.2) is 0 Å². The van der Waals surface area contributed by atoms with Gasteiger partial charge >= 0.3 is 0 Å². The Labute approximate surface area is 113 Å². The summed E-state index contributed by atoms with van der Waals surface area (Å²) >= 11 is 0. The Balaban J connectivity index is 2.72. The van der Waals surface area contributed by atoms with E-state index in [9.17, 15) is 9.59 Å². The van der Waals surface area contributed by atoms with Crippen molar-refractivity contribution < 1.29 is 9.59 Å². The fourth-order valence-corrected chi connectivity index (χ4v) is 1.77. The molecule has 104 valence electrons. The number of amides is 2. The normalized spacial score (nSPS) is 12.1. The van der Waals surface area contributed by atoms with E-state index in [-0.39, 0.29) is 23.7 Å². The fourth-order valence-electron chi connectivity index (χ4n) is 1.77. The van der Waals surface area contributed by atoms with Crippen molar-refractivity contribution in [2.24, 2.45) is 17.6 Å². The molecule has 5 nitrogen and oxygen atoms in total. The molecule has 0 aliphatic carbocycles. The second-order valence-corrected chi connectivity index (χ2v) is 4.73. The minimum atomic E-state index is -0.210. The summed E-state index contributed by atoms with van der Waals surface area (Å²) in [6, 6.07) is 6.75. The summed E-state index contributed by atoms with van der Waals surface area (Å²) in [5.41, 5.74) is 6.82. The lowest BCUT2D eigenvalue weighted by Crippen LogP contribution is -2.33. The van der Waals surface area contributed by atoms with Gasteiger partial charge in [0.1, 0.15) is 0 Å². The first-order chi connectivity index (χ1) is 8.99. The number of carbonyl (C=O) groups excluding carboxylic acids is 2. The van der Waals surface area contributed by atoms with Gasteiger partial charge in [0.05, 0.1) is 5.92 Å². The molecule has 0 fully saturated rings. The maximum absolute atomic E-state index is 12.0. The molecule has 0 aliphatic heterocycles. The molecule has 4 N–H and O–H groups in total. The minimum absolute atomic E-state index is 0.0924. The highest BCUT2D eigenvalue weighted by molar-refractivity contribution is 5.96. The molecule has 5 heteroatoms. The fraction of sp³-hybridized carbons (Fsp3) is 0.429. The van der Waals surface area contributed by atoms with E-state index in [2.05, 4.69) is 10.6 Å². The zero-order valence-corrected chi connectivity index (χ0v) is 11.6. The Hall–Kier alpha value is -1.88. The summed E-state index contributed by atoms with van der Waals surface area (Å²) < 4.78 is 0. The van der Waals surface area contributed by atoms with Gasteiger partial charge in [-0.3, -0.25) is 9.59 Å². The van der Waals surface area contributed by atoms with Crippen LogP contribution in [0.15, 0.2) is 24.3 Å². The van der Waals surface area contributed by atoms with Crippen molar-refractivity contribution in [2.75, 3.05) is 18.9 Å². The zero-order chi connectivity index (χ0) is 14.4. The quantitative estimate of drug-likeness (QED) is 0.746. The molecular formula is C14H21N3O2. The standard InChI is InChI=1S/C14H21N3O2/c1-9(2)12(8-15)14(19)17-11-6-4-10(5-7-11)13(18)16-3/h4-7,9,12H,8,15H2,1-3H3,(H,16,18)(H,17,19). The van der Waals surface area contributed by atoms with Crippen LogP contribution in [0.2, 0.25) is 0 Å². The number of benzene rings is 1. The van der Waals surface area contributed by atoms with E-state index < -0.39 is 0 Å². The van der Waals surface area contributed by atoms with Gasteiger partial charge < -0.3 is 16.4 Å². The van der Waals surface area contributed by atoms with Crippen LogP contribution in [0.25, 0.3) is 0 Å². The summed E-state index contributed by atoms with van der Waals surface area (Å²) in [6.07, 6.45) is 0. The van der Waals surface area contributed by atoms with Gasteiger partial charge in [0.25, 0.3) is 5.91 Å². The van der Waals surface area contributed by atoms with Crippen molar-refractivity contribution >= 4 is 17.5 Å². The van der Waals surface area contributed by atoms with Crippen LogP contribution in [0.1, 0.15) is 24.2 Å². The summed E-state index contributed by atoms with van der Waals surface area (Å²) in [5.74, 6) is -0.265. The van der Waals surface area contributed by atoms with E-state index in [1.165, 1.54) is 0 Å². The van der Waals surface area contributed by atoms with Crippen LogP contribution in [0.3, 0.4) is 0 Å². The molecule has 0 aliphatic rings. The Morgan fingerprint density at radius 2 is 1.79 bits per heavy atom. The molecule has 1 unspecified atom stereocenters. The van der Waals surface area contributed by atoms with E-state index in [0.717, 1.165) is 0 Å². The number of rotatable bonds is 5. The Morgan fingerprint density at radius 3 is 2.21 bits per heavy atom. The lowest BCUT2D eigenvalue weighted by Gasteiger charge is -2.18. The maximum Gasteiger partial charge on any atom is 0.251 e. The molecule has 1 atom stereocenters. The van der Waals surface area contributed by atoms with Crippen molar-refractivity contribution in [1.29, 1.82) is 0 Å². The van der Waals surface area contributed by atoms with Gasteiger partial charge in [0.2, 0.25) is 5.91 Å². The van der Waals surface area contributed by atoms with Crippen LogP contribution in [0.5, 0.6) is 0 Å².